The molecular weight excluding hydrogens is 290 g/mol. The molecule has 5 heteroatoms. The van der Waals surface area contributed by atoms with Gasteiger partial charge in [-0.2, -0.15) is 0 Å². The maximum atomic E-state index is 12.9. The van der Waals surface area contributed by atoms with Crippen molar-refractivity contribution in [3.63, 3.8) is 0 Å². The van der Waals surface area contributed by atoms with Gasteiger partial charge in [0.2, 0.25) is 5.91 Å². The van der Waals surface area contributed by atoms with Gasteiger partial charge in [0.25, 0.3) is 0 Å². The molecule has 4 atom stereocenters. The summed E-state index contributed by atoms with van der Waals surface area (Å²) in [6.07, 6.45) is 1.44. The highest BCUT2D eigenvalue weighted by Crippen LogP contribution is 2.20. The minimum Gasteiger partial charge on any atom is -0.373 e. The molecule has 2 aliphatic rings. The van der Waals surface area contributed by atoms with Crippen LogP contribution in [0.15, 0.2) is 0 Å². The third-order valence-electron chi connectivity index (χ3n) is 5.04. The summed E-state index contributed by atoms with van der Waals surface area (Å²) in [6, 6.07) is 0.790. The first-order valence-electron chi connectivity index (χ1n) is 9.21. The van der Waals surface area contributed by atoms with E-state index in [-0.39, 0.29) is 24.2 Å². The molecule has 0 aromatic carbocycles. The topological polar surface area (TPSA) is 44.8 Å². The van der Waals surface area contributed by atoms with Crippen molar-refractivity contribution in [1.82, 2.24) is 15.1 Å². The molecule has 134 valence electrons. The number of hydrogen-bond acceptors (Lipinski definition) is 4. The number of nitrogens with one attached hydrogen (secondary N) is 1. The fourth-order valence-electron chi connectivity index (χ4n) is 4.00. The first-order chi connectivity index (χ1) is 10.8. The van der Waals surface area contributed by atoms with Gasteiger partial charge in [0, 0.05) is 38.3 Å². The Morgan fingerprint density at radius 3 is 2.13 bits per heavy atom. The Morgan fingerprint density at radius 2 is 1.65 bits per heavy atom. The van der Waals surface area contributed by atoms with Crippen LogP contribution >= 0.6 is 0 Å². The molecule has 2 heterocycles. The van der Waals surface area contributed by atoms with E-state index >= 15 is 0 Å². The molecule has 2 saturated heterocycles. The predicted octanol–water partition coefficient (Wildman–Crippen LogP) is 1.72. The Kier molecular flexibility index (Phi) is 6.46. The maximum Gasteiger partial charge on any atom is 0.237 e. The van der Waals surface area contributed by atoms with Crippen LogP contribution in [0.2, 0.25) is 0 Å². The molecule has 23 heavy (non-hydrogen) atoms. The summed E-state index contributed by atoms with van der Waals surface area (Å²) in [5.74, 6) is 0.493. The molecule has 0 aromatic rings. The normalized spacial score (nSPS) is 31.7. The summed E-state index contributed by atoms with van der Waals surface area (Å²) < 4.78 is 5.82. The summed E-state index contributed by atoms with van der Waals surface area (Å²) in [5, 5.41) is 3.31. The molecule has 1 N–H and O–H groups in total. The molecule has 4 unspecified atom stereocenters. The van der Waals surface area contributed by atoms with Crippen LogP contribution in [-0.4, -0.2) is 72.2 Å². The van der Waals surface area contributed by atoms with Gasteiger partial charge in [-0.05, 0) is 40.0 Å². The number of nitrogens with zero attached hydrogens (tertiary/aromatic N) is 2. The zero-order valence-electron chi connectivity index (χ0n) is 15.7. The van der Waals surface area contributed by atoms with Gasteiger partial charge in [0.05, 0.1) is 18.2 Å². The van der Waals surface area contributed by atoms with E-state index < -0.39 is 0 Å². The highest BCUT2D eigenvalue weighted by molar-refractivity contribution is 5.82. The van der Waals surface area contributed by atoms with Crippen molar-refractivity contribution >= 4 is 5.91 Å². The van der Waals surface area contributed by atoms with Crippen LogP contribution in [0.5, 0.6) is 0 Å². The van der Waals surface area contributed by atoms with Crippen LogP contribution in [0.25, 0.3) is 0 Å². The molecule has 0 aromatic heterocycles. The van der Waals surface area contributed by atoms with E-state index in [4.69, 9.17) is 4.74 Å². The van der Waals surface area contributed by atoms with E-state index in [9.17, 15) is 4.79 Å². The van der Waals surface area contributed by atoms with Crippen LogP contribution in [0, 0.1) is 5.92 Å². The smallest absolute Gasteiger partial charge is 0.237 e. The molecule has 0 bridgehead atoms. The summed E-state index contributed by atoms with van der Waals surface area (Å²) in [7, 11) is 0. The van der Waals surface area contributed by atoms with Gasteiger partial charge in [-0.25, -0.2) is 0 Å². The first kappa shape index (κ1) is 18.7. The van der Waals surface area contributed by atoms with Gasteiger partial charge in [-0.1, -0.05) is 13.8 Å². The molecule has 0 radical (unpaired) electrons. The lowest BCUT2D eigenvalue weighted by molar-refractivity contribution is -0.136. The van der Waals surface area contributed by atoms with Crippen LogP contribution in [0.3, 0.4) is 0 Å². The van der Waals surface area contributed by atoms with E-state index in [1.165, 1.54) is 0 Å². The Hall–Kier alpha value is -0.650. The Balaban J connectivity index is 1.96. The number of rotatable bonds is 5. The third kappa shape index (κ3) is 4.91. The number of amides is 1. The van der Waals surface area contributed by atoms with Crippen molar-refractivity contribution in [3.05, 3.63) is 0 Å². The van der Waals surface area contributed by atoms with Crippen LogP contribution in [0.1, 0.15) is 48.0 Å². The fraction of sp³-hybridized carbons (Fsp3) is 0.944. The van der Waals surface area contributed by atoms with Crippen LogP contribution in [-0.2, 0) is 9.53 Å². The summed E-state index contributed by atoms with van der Waals surface area (Å²) in [5.41, 5.74) is 0. The van der Waals surface area contributed by atoms with Gasteiger partial charge in [0.1, 0.15) is 0 Å². The number of carbonyl (C=O) groups is 1. The number of hydrogen-bond donors (Lipinski definition) is 1. The number of likely N-dealkylation sites (tertiary alicyclic amines) is 1. The predicted molar refractivity (Wildman–Crippen MR) is 93.5 cm³/mol. The lowest BCUT2D eigenvalue weighted by Gasteiger charge is -2.41. The van der Waals surface area contributed by atoms with Gasteiger partial charge in [-0.15, -0.1) is 0 Å². The maximum absolute atomic E-state index is 12.9. The highest BCUT2D eigenvalue weighted by atomic mass is 16.5. The van der Waals surface area contributed by atoms with Crippen molar-refractivity contribution in [2.75, 3.05) is 26.2 Å². The summed E-state index contributed by atoms with van der Waals surface area (Å²) >= 11 is 0. The summed E-state index contributed by atoms with van der Waals surface area (Å²) in [6.45, 7) is 16.6. The van der Waals surface area contributed by atoms with Gasteiger partial charge in [-0.3, -0.25) is 14.6 Å². The molecule has 0 saturated carbocycles. The largest absolute Gasteiger partial charge is 0.373 e. The summed E-state index contributed by atoms with van der Waals surface area (Å²) in [4.78, 5) is 17.7. The van der Waals surface area contributed by atoms with Gasteiger partial charge in [0.15, 0.2) is 0 Å². The first-order valence-corrected chi connectivity index (χ1v) is 9.21. The SMILES string of the molecule is CC1CN(C(C(=O)NC2CCN(C(C)C)C2)C(C)C)CC(C)O1. The molecule has 0 aliphatic carbocycles. The van der Waals surface area contributed by atoms with Crippen molar-refractivity contribution in [1.29, 1.82) is 0 Å². The van der Waals surface area contributed by atoms with E-state index in [0.717, 1.165) is 32.6 Å². The van der Waals surface area contributed by atoms with E-state index in [1.54, 1.807) is 0 Å². The zero-order chi connectivity index (χ0) is 17.1. The van der Waals surface area contributed by atoms with Crippen LogP contribution < -0.4 is 5.32 Å². The minimum absolute atomic E-state index is 0.0584. The van der Waals surface area contributed by atoms with E-state index in [2.05, 4.69) is 56.7 Å². The Bertz CT molecular complexity index is 390. The van der Waals surface area contributed by atoms with E-state index in [1.807, 2.05) is 0 Å². The van der Waals surface area contributed by atoms with E-state index in [0.29, 0.717) is 18.0 Å². The second kappa shape index (κ2) is 7.95. The van der Waals surface area contributed by atoms with Crippen molar-refractivity contribution in [2.45, 2.75) is 78.3 Å². The molecular formula is C18H35N3O2. The minimum atomic E-state index is -0.0584. The van der Waals surface area contributed by atoms with Crippen molar-refractivity contribution in [2.24, 2.45) is 5.92 Å². The molecule has 2 aliphatic heterocycles. The Morgan fingerprint density at radius 1 is 1.04 bits per heavy atom. The average Bonchev–Trinajstić information content (AvgIpc) is 2.85. The quantitative estimate of drug-likeness (QED) is 0.836. The highest BCUT2D eigenvalue weighted by Gasteiger charge is 2.35. The van der Waals surface area contributed by atoms with Crippen molar-refractivity contribution in [3.8, 4) is 0 Å². The third-order valence-corrected chi connectivity index (χ3v) is 5.04. The molecule has 2 rings (SSSR count). The number of carbonyl (C=O) groups excluding carboxylic acids is 1. The molecule has 2 fully saturated rings. The van der Waals surface area contributed by atoms with Crippen molar-refractivity contribution < 1.29 is 9.53 Å². The van der Waals surface area contributed by atoms with Crippen LogP contribution in [0.4, 0.5) is 0 Å². The fourth-order valence-corrected chi connectivity index (χ4v) is 4.00. The molecule has 1 amide bonds. The van der Waals surface area contributed by atoms with Gasteiger partial charge < -0.3 is 10.1 Å². The average molecular weight is 325 g/mol. The molecule has 0 spiro atoms. The monoisotopic (exact) mass is 325 g/mol. The lowest BCUT2D eigenvalue weighted by Crippen LogP contribution is -2.58. The van der Waals surface area contributed by atoms with Gasteiger partial charge >= 0.3 is 0 Å². The second-order valence-corrected chi connectivity index (χ2v) is 7.98. The lowest BCUT2D eigenvalue weighted by atomic mass is 9.99. The molecule has 5 nitrogen and oxygen atoms in total. The number of morpholine rings is 1. The Labute approximate surface area is 141 Å². The number of ether oxygens (including phenoxy) is 1. The zero-order valence-corrected chi connectivity index (χ0v) is 15.7. The standard InChI is InChI=1S/C18H35N3O2/c1-12(2)17(21-9-14(5)23-15(6)10-21)18(22)19-16-7-8-20(11-16)13(3)4/h12-17H,7-11H2,1-6H3,(H,19,22). The second-order valence-electron chi connectivity index (χ2n) is 7.98.